The lowest BCUT2D eigenvalue weighted by Crippen LogP contribution is -2.16. The molecule has 0 aliphatic heterocycles. The average Bonchev–Trinajstić information content (AvgIpc) is 2.64. The zero-order valence-electron chi connectivity index (χ0n) is 15.5. The van der Waals surface area contributed by atoms with Gasteiger partial charge in [-0.2, -0.15) is 0 Å². The normalized spacial score (nSPS) is 10.5. The summed E-state index contributed by atoms with van der Waals surface area (Å²) in [4.78, 5) is 21.2. The molecule has 0 bridgehead atoms. The van der Waals surface area contributed by atoms with Crippen LogP contribution >= 0.6 is 11.6 Å². The number of rotatable bonds is 5. The Bertz CT molecular complexity index is 970. The van der Waals surface area contributed by atoms with Crippen LogP contribution < -0.4 is 10.6 Å². The Morgan fingerprint density at radius 1 is 1.00 bits per heavy atom. The van der Waals surface area contributed by atoms with Gasteiger partial charge in [0.05, 0.1) is 0 Å². The molecule has 27 heavy (non-hydrogen) atoms. The maximum absolute atomic E-state index is 12.6. The number of amides is 1. The van der Waals surface area contributed by atoms with Crippen LogP contribution in [0.1, 0.15) is 33.0 Å². The van der Waals surface area contributed by atoms with Gasteiger partial charge >= 0.3 is 0 Å². The van der Waals surface area contributed by atoms with E-state index >= 15 is 0 Å². The van der Waals surface area contributed by atoms with Crippen LogP contribution in [-0.2, 0) is 6.54 Å². The lowest BCUT2D eigenvalue weighted by molar-refractivity contribution is 0.102. The third-order valence-corrected chi connectivity index (χ3v) is 4.35. The van der Waals surface area contributed by atoms with E-state index in [1.165, 1.54) is 5.56 Å². The highest BCUT2D eigenvalue weighted by atomic mass is 35.5. The van der Waals surface area contributed by atoms with E-state index in [1.54, 1.807) is 25.1 Å². The average molecular weight is 381 g/mol. The van der Waals surface area contributed by atoms with Crippen LogP contribution in [0.25, 0.3) is 0 Å². The minimum absolute atomic E-state index is 0.299. The lowest BCUT2D eigenvalue weighted by Gasteiger charge is -2.11. The van der Waals surface area contributed by atoms with Crippen LogP contribution in [0.3, 0.4) is 0 Å². The van der Waals surface area contributed by atoms with Crippen LogP contribution in [0.4, 0.5) is 11.5 Å². The first-order valence-corrected chi connectivity index (χ1v) is 9.01. The Labute approximate surface area is 163 Å². The Morgan fingerprint density at radius 2 is 1.74 bits per heavy atom. The van der Waals surface area contributed by atoms with Crippen molar-refractivity contribution >= 4 is 29.0 Å². The van der Waals surface area contributed by atoms with Gasteiger partial charge in [0.25, 0.3) is 5.91 Å². The second-order valence-electron chi connectivity index (χ2n) is 6.44. The first-order chi connectivity index (χ1) is 12.9. The number of aromatic nitrogens is 2. The second-order valence-corrected chi connectivity index (χ2v) is 6.87. The van der Waals surface area contributed by atoms with Crippen molar-refractivity contribution in [1.82, 2.24) is 9.97 Å². The molecule has 0 saturated heterocycles. The number of nitrogens with zero attached hydrogens (tertiary/aromatic N) is 2. The van der Waals surface area contributed by atoms with Crippen molar-refractivity contribution in [2.45, 2.75) is 27.3 Å². The van der Waals surface area contributed by atoms with Crippen molar-refractivity contribution in [3.8, 4) is 0 Å². The molecule has 0 fully saturated rings. The summed E-state index contributed by atoms with van der Waals surface area (Å²) in [5, 5.41) is 6.67. The smallest absolute Gasteiger partial charge is 0.274 e. The van der Waals surface area contributed by atoms with Crippen molar-refractivity contribution in [1.29, 1.82) is 0 Å². The fraction of sp³-hybridized carbons (Fsp3) is 0.190. The molecule has 0 saturated carbocycles. The molecule has 0 atom stereocenters. The van der Waals surface area contributed by atoms with Gasteiger partial charge in [0.2, 0.25) is 0 Å². The molecule has 1 heterocycles. The molecule has 138 valence electrons. The Hall–Kier alpha value is -2.92. The van der Waals surface area contributed by atoms with E-state index in [9.17, 15) is 4.79 Å². The molecule has 2 aromatic carbocycles. The van der Waals surface area contributed by atoms with Crippen molar-refractivity contribution in [2.75, 3.05) is 10.6 Å². The fourth-order valence-electron chi connectivity index (χ4n) is 2.59. The van der Waals surface area contributed by atoms with Gasteiger partial charge in [0, 0.05) is 23.3 Å². The van der Waals surface area contributed by atoms with Crippen molar-refractivity contribution in [3.05, 3.63) is 81.8 Å². The predicted octanol–water partition coefficient (Wildman–Crippen LogP) is 4.92. The quantitative estimate of drug-likeness (QED) is 0.659. The van der Waals surface area contributed by atoms with Crippen LogP contribution in [-0.4, -0.2) is 15.9 Å². The summed E-state index contributed by atoms with van der Waals surface area (Å²) in [6.45, 7) is 6.34. The molecule has 0 spiro atoms. The molecule has 5 nitrogen and oxygen atoms in total. The van der Waals surface area contributed by atoms with E-state index < -0.39 is 0 Å². The van der Waals surface area contributed by atoms with Crippen molar-refractivity contribution in [2.24, 2.45) is 0 Å². The number of aryl methyl sites for hydroxylation is 3. The van der Waals surface area contributed by atoms with E-state index in [1.807, 2.05) is 13.0 Å². The minimum Gasteiger partial charge on any atom is -0.366 e. The first kappa shape index (κ1) is 18.9. The van der Waals surface area contributed by atoms with Crippen molar-refractivity contribution in [3.63, 3.8) is 0 Å². The number of anilines is 2. The Morgan fingerprint density at radius 3 is 2.48 bits per heavy atom. The summed E-state index contributed by atoms with van der Waals surface area (Å²) < 4.78 is 0. The molecular weight excluding hydrogens is 360 g/mol. The molecule has 3 aromatic rings. The lowest BCUT2D eigenvalue weighted by atomic mass is 10.1. The van der Waals surface area contributed by atoms with E-state index in [4.69, 9.17) is 11.6 Å². The maximum Gasteiger partial charge on any atom is 0.274 e. The third-order valence-electron chi connectivity index (χ3n) is 4.11. The van der Waals surface area contributed by atoms with Gasteiger partial charge in [-0.25, -0.2) is 9.97 Å². The number of hydrogen-bond donors (Lipinski definition) is 2. The van der Waals surface area contributed by atoms with Gasteiger partial charge in [-0.15, -0.1) is 0 Å². The molecule has 0 unspecified atom stereocenters. The molecule has 2 N–H and O–H groups in total. The van der Waals surface area contributed by atoms with Crippen LogP contribution in [0.5, 0.6) is 0 Å². The van der Waals surface area contributed by atoms with E-state index in [2.05, 4.69) is 51.8 Å². The number of benzene rings is 2. The predicted molar refractivity (Wildman–Crippen MR) is 109 cm³/mol. The van der Waals surface area contributed by atoms with Crippen LogP contribution in [0.2, 0.25) is 5.02 Å². The largest absolute Gasteiger partial charge is 0.366 e. The second kappa shape index (κ2) is 8.18. The Balaban J connectivity index is 1.74. The Kier molecular flexibility index (Phi) is 5.72. The summed E-state index contributed by atoms with van der Waals surface area (Å²) >= 11 is 6.02. The van der Waals surface area contributed by atoms with Gasteiger partial charge in [-0.05, 0) is 44.0 Å². The first-order valence-electron chi connectivity index (χ1n) is 8.63. The highest BCUT2D eigenvalue weighted by molar-refractivity contribution is 6.31. The van der Waals surface area contributed by atoms with Crippen LogP contribution in [0, 0.1) is 20.8 Å². The number of halogens is 1. The summed E-state index contributed by atoms with van der Waals surface area (Å²) in [5.74, 6) is 0.831. The van der Waals surface area contributed by atoms with Crippen LogP contribution in [0.15, 0.2) is 48.5 Å². The van der Waals surface area contributed by atoms with Crippen molar-refractivity contribution < 1.29 is 4.79 Å². The summed E-state index contributed by atoms with van der Waals surface area (Å²) in [7, 11) is 0. The molecule has 0 aliphatic carbocycles. The number of hydrogen-bond acceptors (Lipinski definition) is 4. The maximum atomic E-state index is 12.6. The highest BCUT2D eigenvalue weighted by Gasteiger charge is 2.12. The third kappa shape index (κ3) is 5.05. The molecule has 3 rings (SSSR count). The van der Waals surface area contributed by atoms with Gasteiger partial charge in [-0.3, -0.25) is 4.79 Å². The van der Waals surface area contributed by atoms with Gasteiger partial charge in [0.1, 0.15) is 17.3 Å². The number of nitrogens with one attached hydrogen (secondary N) is 2. The molecule has 1 aromatic heterocycles. The molecule has 1 amide bonds. The van der Waals surface area contributed by atoms with Gasteiger partial charge in [0.15, 0.2) is 0 Å². The van der Waals surface area contributed by atoms with E-state index in [-0.39, 0.29) is 5.91 Å². The monoisotopic (exact) mass is 380 g/mol. The van der Waals surface area contributed by atoms with Gasteiger partial charge < -0.3 is 10.6 Å². The fourth-order valence-corrected chi connectivity index (χ4v) is 2.76. The minimum atomic E-state index is -0.302. The molecule has 0 radical (unpaired) electrons. The summed E-state index contributed by atoms with van der Waals surface area (Å²) in [5.41, 5.74) is 4.24. The zero-order valence-corrected chi connectivity index (χ0v) is 16.3. The molecule has 0 aliphatic rings. The highest BCUT2D eigenvalue weighted by Crippen LogP contribution is 2.21. The number of carbonyl (C=O) groups is 1. The van der Waals surface area contributed by atoms with E-state index in [0.29, 0.717) is 34.6 Å². The summed E-state index contributed by atoms with van der Waals surface area (Å²) in [6, 6.07) is 15.3. The summed E-state index contributed by atoms with van der Waals surface area (Å²) in [6.07, 6.45) is 0. The van der Waals surface area contributed by atoms with E-state index in [0.717, 1.165) is 11.1 Å². The standard InChI is InChI=1S/C21H21ClN4O/c1-13-4-7-16(8-5-13)12-23-20-11-19(24-15(3)25-20)21(27)26-18-10-17(22)9-6-14(18)2/h4-11H,12H2,1-3H3,(H,26,27)(H,23,24,25). The molecular formula is C21H21ClN4O. The zero-order chi connectivity index (χ0) is 19.4. The van der Waals surface area contributed by atoms with Gasteiger partial charge in [-0.1, -0.05) is 47.5 Å². The SMILES string of the molecule is Cc1ccc(CNc2cc(C(=O)Nc3cc(Cl)ccc3C)nc(C)n2)cc1. The molecule has 6 heteroatoms. The number of carbonyl (C=O) groups excluding carboxylic acids is 1. The topological polar surface area (TPSA) is 66.9 Å².